The quantitative estimate of drug-likeness (QED) is 0.883. The van der Waals surface area contributed by atoms with Crippen LogP contribution in [0.15, 0.2) is 42.5 Å². The lowest BCUT2D eigenvalue weighted by Gasteiger charge is -2.26. The molecule has 20 heavy (non-hydrogen) atoms. The van der Waals surface area contributed by atoms with Crippen LogP contribution in [0.25, 0.3) is 0 Å². The number of hydrogen-bond acceptors (Lipinski definition) is 1. The summed E-state index contributed by atoms with van der Waals surface area (Å²) in [5.41, 5.74) is 5.08. The van der Waals surface area contributed by atoms with E-state index in [4.69, 9.17) is 0 Å². The van der Waals surface area contributed by atoms with Gasteiger partial charge in [-0.05, 0) is 61.2 Å². The molecule has 0 spiro atoms. The molecule has 2 aromatic carbocycles. The Labute approximate surface area is 119 Å². The lowest BCUT2D eigenvalue weighted by molar-refractivity contribution is 0.472. The fourth-order valence-corrected chi connectivity index (χ4v) is 3.46. The van der Waals surface area contributed by atoms with Crippen LogP contribution in [0, 0.1) is 12.7 Å². The maximum atomic E-state index is 13.6. The van der Waals surface area contributed by atoms with Crippen LogP contribution in [0.3, 0.4) is 0 Å². The summed E-state index contributed by atoms with van der Waals surface area (Å²) in [5.74, 6) is 0.272. The van der Waals surface area contributed by atoms with Gasteiger partial charge < -0.3 is 5.32 Å². The Bertz CT molecular complexity index is 621. The van der Waals surface area contributed by atoms with Crippen LogP contribution < -0.4 is 5.32 Å². The number of benzene rings is 2. The first-order chi connectivity index (χ1) is 9.70. The van der Waals surface area contributed by atoms with Crippen molar-refractivity contribution in [3.05, 3.63) is 70.5 Å². The molecule has 0 radical (unpaired) electrons. The number of aryl methyl sites for hydroxylation is 2. The van der Waals surface area contributed by atoms with Gasteiger partial charge in [-0.2, -0.15) is 0 Å². The smallest absolute Gasteiger partial charge is 0.123 e. The minimum atomic E-state index is -0.155. The van der Waals surface area contributed by atoms with Crippen LogP contribution in [0.1, 0.15) is 40.6 Å². The highest BCUT2D eigenvalue weighted by atomic mass is 19.1. The zero-order chi connectivity index (χ0) is 14.1. The third kappa shape index (κ3) is 2.25. The molecule has 3 rings (SSSR count). The van der Waals surface area contributed by atoms with Gasteiger partial charge in [0.2, 0.25) is 0 Å². The van der Waals surface area contributed by atoms with E-state index in [1.54, 1.807) is 6.07 Å². The average Bonchev–Trinajstić information content (AvgIpc) is 2.88. The first-order valence-electron chi connectivity index (χ1n) is 7.22. The standard InChI is InChI=1S/C18H20FN/c1-12-7-9-14(19)11-17(12)18(20-2)16-10-8-13-5-3-4-6-15(13)16/h3-7,9,11,16,18,20H,8,10H2,1-2H3. The van der Waals surface area contributed by atoms with Gasteiger partial charge in [0.1, 0.15) is 5.82 Å². The summed E-state index contributed by atoms with van der Waals surface area (Å²) in [5, 5.41) is 3.40. The Morgan fingerprint density at radius 1 is 1.20 bits per heavy atom. The molecule has 2 unspecified atom stereocenters. The Balaban J connectivity index is 2.01. The van der Waals surface area contributed by atoms with Gasteiger partial charge in [-0.3, -0.25) is 0 Å². The molecule has 2 heteroatoms. The molecule has 0 bridgehead atoms. The fourth-order valence-electron chi connectivity index (χ4n) is 3.46. The number of nitrogens with one attached hydrogen (secondary N) is 1. The van der Waals surface area contributed by atoms with E-state index in [2.05, 4.69) is 36.5 Å². The van der Waals surface area contributed by atoms with Gasteiger partial charge in [-0.15, -0.1) is 0 Å². The van der Waals surface area contributed by atoms with Crippen LogP contribution >= 0.6 is 0 Å². The maximum absolute atomic E-state index is 13.6. The highest BCUT2D eigenvalue weighted by Crippen LogP contribution is 2.42. The van der Waals surface area contributed by atoms with E-state index >= 15 is 0 Å². The lowest BCUT2D eigenvalue weighted by Crippen LogP contribution is -2.23. The van der Waals surface area contributed by atoms with Crippen molar-refractivity contribution in [1.82, 2.24) is 5.32 Å². The first kappa shape index (κ1) is 13.3. The van der Waals surface area contributed by atoms with Crippen molar-refractivity contribution >= 4 is 0 Å². The first-order valence-corrected chi connectivity index (χ1v) is 7.22. The normalized spacial score (nSPS) is 18.9. The monoisotopic (exact) mass is 269 g/mol. The molecule has 0 saturated carbocycles. The Hall–Kier alpha value is -1.67. The molecule has 0 aromatic heterocycles. The highest BCUT2D eigenvalue weighted by Gasteiger charge is 2.30. The summed E-state index contributed by atoms with van der Waals surface area (Å²) in [6.07, 6.45) is 2.24. The van der Waals surface area contributed by atoms with Crippen molar-refractivity contribution in [2.24, 2.45) is 0 Å². The van der Waals surface area contributed by atoms with Gasteiger partial charge >= 0.3 is 0 Å². The lowest BCUT2D eigenvalue weighted by atomic mass is 9.86. The summed E-state index contributed by atoms with van der Waals surface area (Å²) in [4.78, 5) is 0. The third-order valence-corrected chi connectivity index (χ3v) is 4.47. The van der Waals surface area contributed by atoms with E-state index in [9.17, 15) is 4.39 Å². The average molecular weight is 269 g/mol. The van der Waals surface area contributed by atoms with Gasteiger partial charge in [0.15, 0.2) is 0 Å². The highest BCUT2D eigenvalue weighted by molar-refractivity contribution is 5.40. The molecule has 2 atom stereocenters. The molecule has 1 nitrogen and oxygen atoms in total. The molecular weight excluding hydrogens is 249 g/mol. The number of halogens is 1. The van der Waals surface area contributed by atoms with Crippen molar-refractivity contribution in [3.8, 4) is 0 Å². The molecule has 1 N–H and O–H groups in total. The van der Waals surface area contributed by atoms with Crippen molar-refractivity contribution in [2.45, 2.75) is 31.7 Å². The van der Waals surface area contributed by atoms with E-state index in [0.717, 1.165) is 24.0 Å². The summed E-state index contributed by atoms with van der Waals surface area (Å²) < 4.78 is 13.6. The molecule has 1 aliphatic rings. The second-order valence-corrected chi connectivity index (χ2v) is 5.61. The summed E-state index contributed by atoms with van der Waals surface area (Å²) in [7, 11) is 1.97. The summed E-state index contributed by atoms with van der Waals surface area (Å²) in [6.45, 7) is 2.06. The largest absolute Gasteiger partial charge is 0.312 e. The SMILES string of the molecule is CNC(c1cc(F)ccc1C)C1CCc2ccccc21. The van der Waals surface area contributed by atoms with Gasteiger partial charge in [0, 0.05) is 12.0 Å². The molecule has 0 saturated heterocycles. The Morgan fingerprint density at radius 3 is 2.80 bits per heavy atom. The van der Waals surface area contributed by atoms with E-state index in [1.807, 2.05) is 13.1 Å². The Morgan fingerprint density at radius 2 is 2.00 bits per heavy atom. The van der Waals surface area contributed by atoms with Crippen molar-refractivity contribution in [2.75, 3.05) is 7.05 Å². The molecular formula is C18H20FN. The third-order valence-electron chi connectivity index (χ3n) is 4.47. The van der Waals surface area contributed by atoms with Crippen molar-refractivity contribution in [1.29, 1.82) is 0 Å². The van der Waals surface area contributed by atoms with E-state index in [0.29, 0.717) is 5.92 Å². The molecule has 104 valence electrons. The van der Waals surface area contributed by atoms with E-state index < -0.39 is 0 Å². The van der Waals surface area contributed by atoms with Crippen LogP contribution in [0.4, 0.5) is 4.39 Å². The van der Waals surface area contributed by atoms with Crippen molar-refractivity contribution < 1.29 is 4.39 Å². The predicted molar refractivity (Wildman–Crippen MR) is 80.4 cm³/mol. The van der Waals surface area contributed by atoms with Crippen LogP contribution in [-0.4, -0.2) is 7.05 Å². The molecule has 2 aromatic rings. The fraction of sp³-hybridized carbons (Fsp3) is 0.333. The topological polar surface area (TPSA) is 12.0 Å². The number of likely N-dealkylation sites (N-methyl/N-ethyl adjacent to an activating group) is 1. The molecule has 0 amide bonds. The van der Waals surface area contributed by atoms with Gasteiger partial charge in [-0.25, -0.2) is 4.39 Å². The second-order valence-electron chi connectivity index (χ2n) is 5.61. The number of rotatable bonds is 3. The summed E-state index contributed by atoms with van der Waals surface area (Å²) >= 11 is 0. The van der Waals surface area contributed by atoms with Gasteiger partial charge in [-0.1, -0.05) is 30.3 Å². The number of hydrogen-bond donors (Lipinski definition) is 1. The summed E-state index contributed by atoms with van der Waals surface area (Å²) in [6, 6.07) is 13.9. The van der Waals surface area contributed by atoms with Crippen LogP contribution in [0.2, 0.25) is 0 Å². The molecule has 0 heterocycles. The predicted octanol–water partition coefficient (Wildman–Crippen LogP) is 4.12. The van der Waals surface area contributed by atoms with Crippen molar-refractivity contribution in [3.63, 3.8) is 0 Å². The zero-order valence-electron chi connectivity index (χ0n) is 12.0. The van der Waals surface area contributed by atoms with E-state index in [-0.39, 0.29) is 11.9 Å². The van der Waals surface area contributed by atoms with E-state index in [1.165, 1.54) is 17.2 Å². The van der Waals surface area contributed by atoms with Gasteiger partial charge in [0.05, 0.1) is 0 Å². The molecule has 0 aliphatic heterocycles. The van der Waals surface area contributed by atoms with Crippen LogP contribution in [0.5, 0.6) is 0 Å². The number of fused-ring (bicyclic) bond motifs is 1. The second kappa shape index (κ2) is 5.37. The molecule has 0 fully saturated rings. The van der Waals surface area contributed by atoms with Gasteiger partial charge in [0.25, 0.3) is 0 Å². The minimum Gasteiger partial charge on any atom is -0.312 e. The van der Waals surface area contributed by atoms with Crippen LogP contribution in [-0.2, 0) is 6.42 Å². The maximum Gasteiger partial charge on any atom is 0.123 e. The molecule has 1 aliphatic carbocycles. The zero-order valence-corrected chi connectivity index (χ0v) is 12.0. The Kier molecular flexibility index (Phi) is 3.58. The minimum absolute atomic E-state index is 0.155.